The zero-order valence-electron chi connectivity index (χ0n) is 15.9. The van der Waals surface area contributed by atoms with Crippen LogP contribution < -0.4 is 10.6 Å². The third-order valence-corrected chi connectivity index (χ3v) is 5.14. The molecule has 0 saturated carbocycles. The molecule has 1 amide bonds. The minimum absolute atomic E-state index is 0. The quantitative estimate of drug-likeness (QED) is 0.575. The average Bonchev–Trinajstić information content (AvgIpc) is 3.32. The van der Waals surface area contributed by atoms with E-state index in [1.165, 1.54) is 27.8 Å². The minimum Gasteiger partial charge on any atom is -0.481 e. The molecule has 152 valence electrons. The summed E-state index contributed by atoms with van der Waals surface area (Å²) in [5, 5.41) is 14.4. The Labute approximate surface area is 175 Å². The Morgan fingerprint density at radius 1 is 1.10 bits per heavy atom. The van der Waals surface area contributed by atoms with Gasteiger partial charge in [0, 0.05) is 19.6 Å². The predicted octanol–water partition coefficient (Wildman–Crippen LogP) is 3.37. The van der Waals surface area contributed by atoms with Crippen LogP contribution in [0.1, 0.15) is 28.7 Å². The monoisotopic (exact) mass is 414 g/mol. The molecule has 0 saturated heterocycles. The maximum absolute atomic E-state index is 11.9. The topological polar surface area (TPSA) is 87.7 Å². The van der Waals surface area contributed by atoms with E-state index in [4.69, 9.17) is 9.84 Å². The van der Waals surface area contributed by atoms with Crippen molar-refractivity contribution < 1.29 is 19.4 Å². The van der Waals surface area contributed by atoms with Crippen LogP contribution in [0.3, 0.4) is 0 Å². The zero-order chi connectivity index (χ0) is 19.5. The van der Waals surface area contributed by atoms with E-state index < -0.39 is 12.1 Å². The molecule has 0 fully saturated rings. The van der Waals surface area contributed by atoms with Gasteiger partial charge in [0.15, 0.2) is 0 Å². The number of benzene rings is 2. The van der Waals surface area contributed by atoms with E-state index in [-0.39, 0.29) is 32.0 Å². The molecule has 2 aliphatic rings. The molecule has 1 aliphatic heterocycles. The highest BCUT2D eigenvalue weighted by molar-refractivity contribution is 5.85. The van der Waals surface area contributed by atoms with E-state index in [1.807, 2.05) is 0 Å². The Balaban J connectivity index is 0.00000240. The molecule has 1 aliphatic carbocycles. The van der Waals surface area contributed by atoms with Crippen molar-refractivity contribution in [3.63, 3.8) is 0 Å². The van der Waals surface area contributed by atoms with Gasteiger partial charge >= 0.3 is 12.1 Å². The molecule has 0 spiro atoms. The molecule has 4 rings (SSSR count). The Morgan fingerprint density at radius 3 is 2.69 bits per heavy atom. The van der Waals surface area contributed by atoms with Gasteiger partial charge in [-0.1, -0.05) is 36.4 Å². The summed E-state index contributed by atoms with van der Waals surface area (Å²) in [4.78, 5) is 22.4. The molecule has 6 nitrogen and oxygen atoms in total. The third kappa shape index (κ3) is 4.60. The van der Waals surface area contributed by atoms with Crippen LogP contribution in [0.25, 0.3) is 16.7 Å². The number of carbonyl (C=O) groups is 2. The van der Waals surface area contributed by atoms with E-state index in [2.05, 4.69) is 53.1 Å². The Kier molecular flexibility index (Phi) is 6.56. The number of carbonyl (C=O) groups excluding carboxylic acids is 1. The first-order valence-electron chi connectivity index (χ1n) is 9.38. The number of nitrogens with one attached hydrogen (secondary N) is 2. The fourth-order valence-electron chi connectivity index (χ4n) is 3.80. The van der Waals surface area contributed by atoms with Gasteiger partial charge in [-0.3, -0.25) is 4.79 Å². The summed E-state index contributed by atoms with van der Waals surface area (Å²) in [6, 6.07) is 12.8. The Morgan fingerprint density at radius 2 is 1.93 bits per heavy atom. The predicted molar refractivity (Wildman–Crippen MR) is 113 cm³/mol. The Hall–Kier alpha value is -2.83. The molecule has 0 unspecified atom stereocenters. The number of carboxylic acid groups (broad SMARTS) is 1. The first kappa shape index (κ1) is 20.9. The van der Waals surface area contributed by atoms with E-state index >= 15 is 0 Å². The van der Waals surface area contributed by atoms with Crippen molar-refractivity contribution in [3.8, 4) is 11.1 Å². The second-order valence-electron chi connectivity index (χ2n) is 7.01. The fraction of sp³-hybridized carbons (Fsp3) is 0.273. The van der Waals surface area contributed by atoms with Gasteiger partial charge in [-0.05, 0) is 51.4 Å². The summed E-state index contributed by atoms with van der Waals surface area (Å²) in [7, 11) is 0. The van der Waals surface area contributed by atoms with Crippen molar-refractivity contribution in [3.05, 3.63) is 64.7 Å². The van der Waals surface area contributed by atoms with Gasteiger partial charge in [0.05, 0.1) is 6.42 Å². The first-order chi connectivity index (χ1) is 13.6. The van der Waals surface area contributed by atoms with Gasteiger partial charge in [0.1, 0.15) is 6.61 Å². The highest BCUT2D eigenvalue weighted by atomic mass is 35.5. The maximum atomic E-state index is 11.9. The largest absolute Gasteiger partial charge is 0.481 e. The van der Waals surface area contributed by atoms with Crippen LogP contribution in [0.15, 0.2) is 42.5 Å². The lowest BCUT2D eigenvalue weighted by atomic mass is 9.94. The van der Waals surface area contributed by atoms with Crippen LogP contribution in [-0.4, -0.2) is 36.8 Å². The van der Waals surface area contributed by atoms with Gasteiger partial charge in [0.25, 0.3) is 0 Å². The number of fused-ring (bicyclic) bond motifs is 3. The molecular weight excluding hydrogens is 392 g/mol. The van der Waals surface area contributed by atoms with Crippen molar-refractivity contribution in [1.29, 1.82) is 0 Å². The van der Waals surface area contributed by atoms with Crippen LogP contribution in [0.5, 0.6) is 0 Å². The van der Waals surface area contributed by atoms with Crippen LogP contribution in [0, 0.1) is 0 Å². The molecule has 0 aromatic heterocycles. The SMILES string of the molecule is Cl.O=C(O)CCNC(=O)OCc1cc2c(cc1C1=CCNC1)-c1ccccc1C2. The van der Waals surface area contributed by atoms with Crippen molar-refractivity contribution in [2.75, 3.05) is 19.6 Å². The lowest BCUT2D eigenvalue weighted by molar-refractivity contribution is -0.136. The summed E-state index contributed by atoms with van der Waals surface area (Å²) in [5.41, 5.74) is 8.33. The second-order valence-corrected chi connectivity index (χ2v) is 7.01. The number of aliphatic carboxylic acids is 1. The second kappa shape index (κ2) is 9.11. The van der Waals surface area contributed by atoms with Gasteiger partial charge in [-0.15, -0.1) is 12.4 Å². The highest BCUT2D eigenvalue weighted by Gasteiger charge is 2.22. The van der Waals surface area contributed by atoms with E-state index in [0.717, 1.165) is 30.6 Å². The average molecular weight is 415 g/mol. The van der Waals surface area contributed by atoms with Gasteiger partial charge in [0.2, 0.25) is 0 Å². The van der Waals surface area contributed by atoms with Crippen LogP contribution in [-0.2, 0) is 22.6 Å². The molecule has 0 radical (unpaired) electrons. The summed E-state index contributed by atoms with van der Waals surface area (Å²) in [5.74, 6) is -0.957. The number of alkyl carbamates (subject to hydrolysis) is 1. The Bertz CT molecular complexity index is 971. The molecular formula is C22H23ClN2O4. The summed E-state index contributed by atoms with van der Waals surface area (Å²) < 4.78 is 5.36. The lowest BCUT2D eigenvalue weighted by Gasteiger charge is -2.15. The molecule has 3 N–H and O–H groups in total. The summed E-state index contributed by atoms with van der Waals surface area (Å²) >= 11 is 0. The highest BCUT2D eigenvalue weighted by Crippen LogP contribution is 2.39. The van der Waals surface area contributed by atoms with Crippen molar-refractivity contribution in [1.82, 2.24) is 10.6 Å². The van der Waals surface area contributed by atoms with E-state index in [0.29, 0.717) is 0 Å². The number of amides is 1. The van der Waals surface area contributed by atoms with Crippen molar-refractivity contribution in [2.45, 2.75) is 19.4 Å². The number of carboxylic acids is 1. The first-order valence-corrected chi connectivity index (χ1v) is 9.38. The van der Waals surface area contributed by atoms with Crippen molar-refractivity contribution >= 4 is 30.0 Å². The van der Waals surface area contributed by atoms with Crippen molar-refractivity contribution in [2.24, 2.45) is 0 Å². The number of ether oxygens (including phenoxy) is 1. The number of halogens is 1. The summed E-state index contributed by atoms with van der Waals surface area (Å²) in [6.07, 6.45) is 2.31. The minimum atomic E-state index is -0.957. The van der Waals surface area contributed by atoms with Gasteiger partial charge < -0.3 is 20.5 Å². The standard InChI is InChI=1S/C22H22N2O4.ClH/c25-21(26)6-8-24-22(27)28-13-17-10-16-9-14-3-1-2-4-18(14)20(16)11-19(17)15-5-7-23-12-15;/h1-5,10-11,23H,6-9,12-13H2,(H,24,27)(H,25,26);1H. The molecule has 1 heterocycles. The molecule has 2 aromatic carbocycles. The molecule has 29 heavy (non-hydrogen) atoms. The van der Waals surface area contributed by atoms with Crippen LogP contribution in [0.4, 0.5) is 4.79 Å². The summed E-state index contributed by atoms with van der Waals surface area (Å²) in [6.45, 7) is 1.82. The molecule has 0 bridgehead atoms. The number of hydrogen-bond acceptors (Lipinski definition) is 4. The maximum Gasteiger partial charge on any atom is 0.407 e. The fourth-order valence-corrected chi connectivity index (χ4v) is 3.80. The van der Waals surface area contributed by atoms with Gasteiger partial charge in [-0.2, -0.15) is 0 Å². The van der Waals surface area contributed by atoms with E-state index in [9.17, 15) is 9.59 Å². The molecule has 7 heteroatoms. The lowest BCUT2D eigenvalue weighted by Crippen LogP contribution is -2.26. The third-order valence-electron chi connectivity index (χ3n) is 5.14. The normalized spacial score (nSPS) is 13.7. The molecule has 2 aromatic rings. The molecule has 0 atom stereocenters. The van der Waals surface area contributed by atoms with Crippen LogP contribution in [0.2, 0.25) is 0 Å². The number of rotatable bonds is 6. The van der Waals surface area contributed by atoms with Crippen LogP contribution >= 0.6 is 12.4 Å². The number of hydrogen-bond donors (Lipinski definition) is 3. The smallest absolute Gasteiger partial charge is 0.407 e. The zero-order valence-corrected chi connectivity index (χ0v) is 16.7. The van der Waals surface area contributed by atoms with E-state index in [1.54, 1.807) is 0 Å². The van der Waals surface area contributed by atoms with Gasteiger partial charge in [-0.25, -0.2) is 4.79 Å².